The van der Waals surface area contributed by atoms with Crippen LogP contribution in [0.2, 0.25) is 0 Å². The lowest BCUT2D eigenvalue weighted by Gasteiger charge is -2.18. The molecular formula is C15H14Br2FNO. The van der Waals surface area contributed by atoms with E-state index in [1.54, 1.807) is 12.1 Å². The lowest BCUT2D eigenvalue weighted by Crippen LogP contribution is -2.07. The van der Waals surface area contributed by atoms with Crippen LogP contribution in [0.15, 0.2) is 45.3 Å². The molecule has 106 valence electrons. The zero-order valence-electron chi connectivity index (χ0n) is 11.1. The van der Waals surface area contributed by atoms with Crippen LogP contribution in [0.3, 0.4) is 0 Å². The Bertz CT molecular complexity index is 619. The van der Waals surface area contributed by atoms with E-state index in [0.29, 0.717) is 0 Å². The number of nitrogens with one attached hydrogen (secondary N) is 1. The Morgan fingerprint density at radius 3 is 2.55 bits per heavy atom. The first-order valence-corrected chi connectivity index (χ1v) is 7.65. The van der Waals surface area contributed by atoms with E-state index in [9.17, 15) is 4.39 Å². The summed E-state index contributed by atoms with van der Waals surface area (Å²) in [4.78, 5) is 0. The van der Waals surface area contributed by atoms with Gasteiger partial charge in [0.2, 0.25) is 0 Å². The first-order chi connectivity index (χ1) is 9.51. The fourth-order valence-electron chi connectivity index (χ4n) is 1.87. The van der Waals surface area contributed by atoms with E-state index in [4.69, 9.17) is 4.74 Å². The Morgan fingerprint density at radius 1 is 1.15 bits per heavy atom. The standard InChI is InChI=1S/C15H14Br2FNO/c1-9(10-3-5-13(18)15(7-10)20-2)19-14-6-4-11(16)8-12(14)17/h3-9,19H,1-2H3. The maximum Gasteiger partial charge on any atom is 0.165 e. The molecule has 2 aromatic carbocycles. The number of anilines is 1. The predicted octanol–water partition coefficient (Wildman–Crippen LogP) is 5.53. The van der Waals surface area contributed by atoms with Gasteiger partial charge in [-0.3, -0.25) is 0 Å². The van der Waals surface area contributed by atoms with Gasteiger partial charge in [-0.2, -0.15) is 0 Å². The second-order valence-electron chi connectivity index (χ2n) is 4.38. The quantitative estimate of drug-likeness (QED) is 0.725. The van der Waals surface area contributed by atoms with Gasteiger partial charge in [-0.05, 0) is 58.7 Å². The zero-order chi connectivity index (χ0) is 14.7. The van der Waals surface area contributed by atoms with Gasteiger partial charge in [0.1, 0.15) is 0 Å². The van der Waals surface area contributed by atoms with E-state index in [1.807, 2.05) is 25.1 Å². The van der Waals surface area contributed by atoms with Gasteiger partial charge in [0.05, 0.1) is 7.11 Å². The molecule has 2 nitrogen and oxygen atoms in total. The maximum atomic E-state index is 13.4. The first-order valence-electron chi connectivity index (χ1n) is 6.06. The molecule has 0 heterocycles. The Kier molecular flexibility index (Phi) is 5.05. The minimum Gasteiger partial charge on any atom is -0.494 e. The summed E-state index contributed by atoms with van der Waals surface area (Å²) in [6, 6.07) is 10.8. The highest BCUT2D eigenvalue weighted by molar-refractivity contribution is 9.11. The maximum absolute atomic E-state index is 13.4. The average molecular weight is 403 g/mol. The molecule has 0 spiro atoms. The summed E-state index contributed by atoms with van der Waals surface area (Å²) in [6.07, 6.45) is 0. The molecule has 0 saturated heterocycles. The fourth-order valence-corrected chi connectivity index (χ4v) is 3.03. The van der Waals surface area contributed by atoms with Crippen molar-refractivity contribution in [2.24, 2.45) is 0 Å². The van der Waals surface area contributed by atoms with Crippen molar-refractivity contribution in [2.75, 3.05) is 12.4 Å². The second-order valence-corrected chi connectivity index (χ2v) is 6.15. The van der Waals surface area contributed by atoms with Gasteiger partial charge < -0.3 is 10.1 Å². The Morgan fingerprint density at radius 2 is 1.90 bits per heavy atom. The molecule has 0 fully saturated rings. The van der Waals surface area contributed by atoms with E-state index in [1.165, 1.54) is 13.2 Å². The molecule has 1 N–H and O–H groups in total. The van der Waals surface area contributed by atoms with Crippen LogP contribution in [0.5, 0.6) is 5.75 Å². The highest BCUT2D eigenvalue weighted by Gasteiger charge is 2.11. The Hall–Kier alpha value is -1.07. The molecule has 2 aromatic rings. The third-order valence-electron chi connectivity index (χ3n) is 2.98. The number of rotatable bonds is 4. The van der Waals surface area contributed by atoms with Gasteiger partial charge in [-0.1, -0.05) is 22.0 Å². The van der Waals surface area contributed by atoms with E-state index in [0.717, 1.165) is 20.2 Å². The van der Waals surface area contributed by atoms with Crippen LogP contribution in [-0.4, -0.2) is 7.11 Å². The van der Waals surface area contributed by atoms with Crippen LogP contribution < -0.4 is 10.1 Å². The molecule has 0 aliphatic heterocycles. The third kappa shape index (κ3) is 3.52. The van der Waals surface area contributed by atoms with Crippen molar-refractivity contribution in [3.05, 3.63) is 56.7 Å². The summed E-state index contributed by atoms with van der Waals surface area (Å²) in [7, 11) is 1.46. The summed E-state index contributed by atoms with van der Waals surface area (Å²) < 4.78 is 20.4. The molecule has 1 unspecified atom stereocenters. The summed E-state index contributed by atoms with van der Waals surface area (Å²) in [6.45, 7) is 2.02. The molecule has 0 amide bonds. The second kappa shape index (κ2) is 6.59. The van der Waals surface area contributed by atoms with E-state index >= 15 is 0 Å². The molecule has 0 aliphatic carbocycles. The minimum atomic E-state index is -0.353. The summed E-state index contributed by atoms with van der Waals surface area (Å²) >= 11 is 6.93. The molecule has 20 heavy (non-hydrogen) atoms. The van der Waals surface area contributed by atoms with Crippen molar-refractivity contribution in [3.63, 3.8) is 0 Å². The summed E-state index contributed by atoms with van der Waals surface area (Å²) in [5, 5.41) is 3.38. The topological polar surface area (TPSA) is 21.3 Å². The third-order valence-corrected chi connectivity index (χ3v) is 4.13. The highest BCUT2D eigenvalue weighted by atomic mass is 79.9. The SMILES string of the molecule is COc1cc(C(C)Nc2ccc(Br)cc2Br)ccc1F. The number of hydrogen-bond donors (Lipinski definition) is 1. The normalized spacial score (nSPS) is 12.1. The van der Waals surface area contributed by atoms with Crippen LogP contribution in [0, 0.1) is 5.82 Å². The van der Waals surface area contributed by atoms with Crippen molar-refractivity contribution in [2.45, 2.75) is 13.0 Å². The molecule has 1 atom stereocenters. The van der Waals surface area contributed by atoms with Gasteiger partial charge in [0.15, 0.2) is 11.6 Å². The van der Waals surface area contributed by atoms with Crippen LogP contribution >= 0.6 is 31.9 Å². The molecule has 0 aromatic heterocycles. The Labute approximate surface area is 134 Å². The molecular weight excluding hydrogens is 389 g/mol. The van der Waals surface area contributed by atoms with Crippen molar-refractivity contribution >= 4 is 37.5 Å². The molecule has 0 radical (unpaired) electrons. The smallest absolute Gasteiger partial charge is 0.165 e. The summed E-state index contributed by atoms with van der Waals surface area (Å²) in [5.74, 6) is -0.0979. The van der Waals surface area contributed by atoms with Crippen LogP contribution in [-0.2, 0) is 0 Å². The lowest BCUT2D eigenvalue weighted by atomic mass is 10.1. The Balaban J connectivity index is 2.21. The predicted molar refractivity (Wildman–Crippen MR) is 86.8 cm³/mol. The largest absolute Gasteiger partial charge is 0.494 e. The van der Waals surface area contributed by atoms with E-state index in [2.05, 4.69) is 37.2 Å². The zero-order valence-corrected chi connectivity index (χ0v) is 14.3. The number of methoxy groups -OCH3 is 1. The van der Waals surface area contributed by atoms with E-state index in [-0.39, 0.29) is 17.6 Å². The number of hydrogen-bond acceptors (Lipinski definition) is 2. The first kappa shape index (κ1) is 15.3. The van der Waals surface area contributed by atoms with Gasteiger partial charge >= 0.3 is 0 Å². The van der Waals surface area contributed by atoms with Crippen molar-refractivity contribution < 1.29 is 9.13 Å². The number of benzene rings is 2. The number of ether oxygens (including phenoxy) is 1. The van der Waals surface area contributed by atoms with Crippen LogP contribution in [0.4, 0.5) is 10.1 Å². The molecule has 5 heteroatoms. The van der Waals surface area contributed by atoms with Crippen molar-refractivity contribution in [1.29, 1.82) is 0 Å². The molecule has 2 rings (SSSR count). The molecule has 0 bridgehead atoms. The molecule has 0 aliphatic rings. The van der Waals surface area contributed by atoms with E-state index < -0.39 is 0 Å². The average Bonchev–Trinajstić information content (AvgIpc) is 2.42. The summed E-state index contributed by atoms with van der Waals surface area (Å²) in [5.41, 5.74) is 1.93. The van der Waals surface area contributed by atoms with Gasteiger partial charge in [-0.15, -0.1) is 0 Å². The number of halogens is 3. The monoisotopic (exact) mass is 401 g/mol. The van der Waals surface area contributed by atoms with Gasteiger partial charge in [0.25, 0.3) is 0 Å². The minimum absolute atomic E-state index is 0.0296. The highest BCUT2D eigenvalue weighted by Crippen LogP contribution is 2.30. The van der Waals surface area contributed by atoms with Gasteiger partial charge in [0, 0.05) is 20.7 Å². The lowest BCUT2D eigenvalue weighted by molar-refractivity contribution is 0.385. The molecule has 0 saturated carbocycles. The van der Waals surface area contributed by atoms with Crippen LogP contribution in [0.1, 0.15) is 18.5 Å². The van der Waals surface area contributed by atoms with Gasteiger partial charge in [-0.25, -0.2) is 4.39 Å². The van der Waals surface area contributed by atoms with Crippen molar-refractivity contribution in [1.82, 2.24) is 0 Å². The van der Waals surface area contributed by atoms with Crippen LogP contribution in [0.25, 0.3) is 0 Å². The fraction of sp³-hybridized carbons (Fsp3) is 0.200. The van der Waals surface area contributed by atoms with Crippen molar-refractivity contribution in [3.8, 4) is 5.75 Å².